The van der Waals surface area contributed by atoms with Gasteiger partial charge in [-0.1, -0.05) is 31.5 Å². The van der Waals surface area contributed by atoms with Crippen molar-refractivity contribution in [2.75, 3.05) is 60.0 Å². The summed E-state index contributed by atoms with van der Waals surface area (Å²) in [5, 5.41) is 6.48. The van der Waals surface area contributed by atoms with E-state index in [1.165, 1.54) is 0 Å². The zero-order valence-electron chi connectivity index (χ0n) is 18.6. The Morgan fingerprint density at radius 3 is 2.50 bits per heavy atom. The zero-order chi connectivity index (χ0) is 21.8. The summed E-state index contributed by atoms with van der Waals surface area (Å²) in [4.78, 5) is 6.73. The average Bonchev–Trinajstić information content (AvgIpc) is 2.75. The number of likely N-dealkylation sites (N-methyl/N-ethyl adjacent to an activating group) is 1. The molecule has 1 fully saturated rings. The Bertz CT molecular complexity index is 762. The minimum absolute atomic E-state index is 0.363. The molecule has 0 radical (unpaired) electrons. The van der Waals surface area contributed by atoms with Crippen molar-refractivity contribution in [2.45, 2.75) is 37.6 Å². The lowest BCUT2D eigenvalue weighted by Gasteiger charge is -2.32. The van der Waals surface area contributed by atoms with Crippen molar-refractivity contribution in [2.24, 2.45) is 4.99 Å². The molecule has 9 heteroatoms. The van der Waals surface area contributed by atoms with Crippen LogP contribution >= 0.6 is 0 Å². The lowest BCUT2D eigenvalue weighted by Crippen LogP contribution is -2.47. The minimum Gasteiger partial charge on any atom is -0.381 e. The number of aliphatic imine (C=N–C) groups is 1. The van der Waals surface area contributed by atoms with Gasteiger partial charge in [-0.2, -0.15) is 4.31 Å². The molecule has 0 saturated carbocycles. The molecule has 0 spiro atoms. The SMILES string of the molecule is CCCCOCCCNC(=NC)NCc1ccccc1S(=O)(=O)N1CCN(C)CC1. The van der Waals surface area contributed by atoms with Crippen molar-refractivity contribution in [1.29, 1.82) is 0 Å². The standard InChI is InChI=1S/C21H37N5O3S/c1-4-5-16-29-17-8-11-23-21(22-2)24-18-19-9-6-7-10-20(19)30(27,28)26-14-12-25(3)13-15-26/h6-7,9-10H,4-5,8,11-18H2,1-3H3,(H2,22,23,24). The number of piperazine rings is 1. The quantitative estimate of drug-likeness (QED) is 0.309. The predicted octanol–water partition coefficient (Wildman–Crippen LogP) is 1.49. The Kier molecular flexibility index (Phi) is 10.6. The molecule has 0 unspecified atom stereocenters. The number of hydrogen-bond acceptors (Lipinski definition) is 5. The molecule has 2 rings (SSSR count). The molecule has 0 aliphatic carbocycles. The van der Waals surface area contributed by atoms with Gasteiger partial charge in [-0.25, -0.2) is 8.42 Å². The Labute approximate surface area is 181 Å². The van der Waals surface area contributed by atoms with Crippen LogP contribution in [0.2, 0.25) is 0 Å². The number of nitrogens with zero attached hydrogens (tertiary/aromatic N) is 3. The highest BCUT2D eigenvalue weighted by Crippen LogP contribution is 2.21. The predicted molar refractivity (Wildman–Crippen MR) is 121 cm³/mol. The summed E-state index contributed by atoms with van der Waals surface area (Å²) in [5.41, 5.74) is 0.738. The van der Waals surface area contributed by atoms with Crippen molar-refractivity contribution in [3.8, 4) is 0 Å². The van der Waals surface area contributed by atoms with Crippen molar-refractivity contribution >= 4 is 16.0 Å². The van der Waals surface area contributed by atoms with E-state index in [9.17, 15) is 8.42 Å². The number of guanidine groups is 1. The van der Waals surface area contributed by atoms with Crippen molar-refractivity contribution < 1.29 is 13.2 Å². The van der Waals surface area contributed by atoms with E-state index in [1.807, 2.05) is 19.2 Å². The van der Waals surface area contributed by atoms with Gasteiger partial charge < -0.3 is 20.3 Å². The van der Waals surface area contributed by atoms with Crippen LogP contribution in [0.1, 0.15) is 31.7 Å². The number of benzene rings is 1. The topological polar surface area (TPSA) is 86.3 Å². The van der Waals surface area contributed by atoms with Crippen LogP contribution in [0.3, 0.4) is 0 Å². The number of ether oxygens (including phenoxy) is 1. The Morgan fingerprint density at radius 2 is 1.80 bits per heavy atom. The lowest BCUT2D eigenvalue weighted by atomic mass is 10.2. The first-order valence-electron chi connectivity index (χ1n) is 10.8. The summed E-state index contributed by atoms with van der Waals surface area (Å²) in [6, 6.07) is 7.18. The first-order valence-corrected chi connectivity index (χ1v) is 12.2. The van der Waals surface area contributed by atoms with Gasteiger partial charge in [0.2, 0.25) is 10.0 Å². The highest BCUT2D eigenvalue weighted by atomic mass is 32.2. The molecule has 8 nitrogen and oxygen atoms in total. The van der Waals surface area contributed by atoms with E-state index in [4.69, 9.17) is 4.74 Å². The Balaban J connectivity index is 1.89. The van der Waals surface area contributed by atoms with Crippen LogP contribution in [-0.2, 0) is 21.3 Å². The minimum atomic E-state index is -3.51. The van der Waals surface area contributed by atoms with Crippen LogP contribution in [0, 0.1) is 0 Å². The van der Waals surface area contributed by atoms with Gasteiger partial charge >= 0.3 is 0 Å². The van der Waals surface area contributed by atoms with E-state index in [2.05, 4.69) is 27.4 Å². The summed E-state index contributed by atoms with van der Waals surface area (Å²) in [6.07, 6.45) is 3.12. The van der Waals surface area contributed by atoms with Crippen LogP contribution in [0.15, 0.2) is 34.2 Å². The van der Waals surface area contributed by atoms with Crippen LogP contribution in [0.25, 0.3) is 0 Å². The monoisotopic (exact) mass is 439 g/mol. The second-order valence-electron chi connectivity index (χ2n) is 7.49. The maximum absolute atomic E-state index is 13.2. The smallest absolute Gasteiger partial charge is 0.243 e. The summed E-state index contributed by atoms with van der Waals surface area (Å²) in [6.45, 7) is 7.33. The Hall–Kier alpha value is -1.68. The molecule has 1 heterocycles. The molecule has 0 bridgehead atoms. The number of hydrogen-bond donors (Lipinski definition) is 2. The highest BCUT2D eigenvalue weighted by molar-refractivity contribution is 7.89. The van der Waals surface area contributed by atoms with Crippen LogP contribution in [-0.4, -0.2) is 83.6 Å². The van der Waals surface area contributed by atoms with E-state index in [-0.39, 0.29) is 0 Å². The third kappa shape index (κ3) is 7.54. The fourth-order valence-corrected chi connectivity index (χ4v) is 4.84. The first kappa shape index (κ1) is 24.6. The second-order valence-corrected chi connectivity index (χ2v) is 9.39. The van der Waals surface area contributed by atoms with Gasteiger partial charge in [-0.15, -0.1) is 0 Å². The molecular weight excluding hydrogens is 402 g/mol. The maximum atomic E-state index is 13.2. The molecular formula is C21H37N5O3S. The van der Waals surface area contributed by atoms with E-state index >= 15 is 0 Å². The third-order valence-corrected chi connectivity index (χ3v) is 7.12. The molecule has 1 aromatic rings. The van der Waals surface area contributed by atoms with Gasteiger partial charge in [0.15, 0.2) is 5.96 Å². The van der Waals surface area contributed by atoms with Gasteiger partial charge in [-0.3, -0.25) is 4.99 Å². The van der Waals surface area contributed by atoms with Crippen molar-refractivity contribution in [1.82, 2.24) is 19.8 Å². The van der Waals surface area contributed by atoms with Gasteiger partial charge in [0, 0.05) is 59.5 Å². The average molecular weight is 440 g/mol. The normalized spacial score (nSPS) is 16.6. The molecule has 2 N–H and O–H groups in total. The zero-order valence-corrected chi connectivity index (χ0v) is 19.4. The van der Waals surface area contributed by atoms with Crippen LogP contribution < -0.4 is 10.6 Å². The number of sulfonamides is 1. The van der Waals surface area contributed by atoms with Gasteiger partial charge in [0.1, 0.15) is 0 Å². The number of unbranched alkanes of at least 4 members (excludes halogenated alkanes) is 1. The van der Waals surface area contributed by atoms with E-state index in [0.717, 1.165) is 57.7 Å². The molecule has 0 amide bonds. The number of nitrogens with one attached hydrogen (secondary N) is 2. The van der Waals surface area contributed by atoms with Gasteiger partial charge in [0.25, 0.3) is 0 Å². The summed E-state index contributed by atoms with van der Waals surface area (Å²) in [7, 11) is 0.207. The van der Waals surface area contributed by atoms with Gasteiger partial charge in [0.05, 0.1) is 4.90 Å². The fourth-order valence-electron chi connectivity index (χ4n) is 3.20. The van der Waals surface area contributed by atoms with Crippen LogP contribution in [0.5, 0.6) is 0 Å². The Morgan fingerprint density at radius 1 is 1.10 bits per heavy atom. The largest absolute Gasteiger partial charge is 0.381 e. The fraction of sp³-hybridized carbons (Fsp3) is 0.667. The van der Waals surface area contributed by atoms with E-state index in [1.54, 1.807) is 23.5 Å². The summed E-state index contributed by atoms with van der Waals surface area (Å²) >= 11 is 0. The van der Waals surface area contributed by atoms with E-state index < -0.39 is 10.0 Å². The van der Waals surface area contributed by atoms with Crippen molar-refractivity contribution in [3.63, 3.8) is 0 Å². The summed E-state index contributed by atoms with van der Waals surface area (Å²) in [5.74, 6) is 0.648. The summed E-state index contributed by atoms with van der Waals surface area (Å²) < 4.78 is 33.5. The molecule has 1 aromatic carbocycles. The molecule has 1 saturated heterocycles. The molecule has 0 aromatic heterocycles. The highest BCUT2D eigenvalue weighted by Gasteiger charge is 2.29. The lowest BCUT2D eigenvalue weighted by molar-refractivity contribution is 0.129. The first-order chi connectivity index (χ1) is 14.5. The molecule has 30 heavy (non-hydrogen) atoms. The molecule has 0 atom stereocenters. The van der Waals surface area contributed by atoms with Crippen molar-refractivity contribution in [3.05, 3.63) is 29.8 Å². The molecule has 1 aliphatic rings. The maximum Gasteiger partial charge on any atom is 0.243 e. The molecule has 170 valence electrons. The second kappa shape index (κ2) is 12.9. The van der Waals surface area contributed by atoms with Gasteiger partial charge in [-0.05, 0) is 31.5 Å². The van der Waals surface area contributed by atoms with Crippen LogP contribution in [0.4, 0.5) is 0 Å². The number of rotatable bonds is 11. The van der Waals surface area contributed by atoms with E-state index in [0.29, 0.717) is 30.5 Å². The molecule has 1 aliphatic heterocycles. The third-order valence-electron chi connectivity index (χ3n) is 5.12.